The molecule has 3 rings (SSSR count). The molecule has 0 saturated heterocycles. The van der Waals surface area contributed by atoms with Crippen molar-refractivity contribution >= 4 is 17.6 Å². The number of benzene rings is 2. The van der Waals surface area contributed by atoms with Gasteiger partial charge < -0.3 is 19.3 Å². The van der Waals surface area contributed by atoms with Gasteiger partial charge in [-0.1, -0.05) is 35.0 Å². The first-order chi connectivity index (χ1) is 14.3. The molecule has 1 N–H and O–H groups in total. The third kappa shape index (κ3) is 5.05. The fourth-order valence-corrected chi connectivity index (χ4v) is 2.78. The molecule has 156 valence electrons. The van der Waals surface area contributed by atoms with E-state index in [2.05, 4.69) is 10.5 Å². The van der Waals surface area contributed by atoms with Crippen LogP contribution in [-0.4, -0.2) is 23.1 Å². The minimum atomic E-state index is -0.977. The zero-order chi connectivity index (χ0) is 21.7. The molecular formula is C23H24N2O5. The molecule has 0 saturated carbocycles. The van der Waals surface area contributed by atoms with E-state index in [4.69, 9.17) is 14.0 Å². The van der Waals surface area contributed by atoms with Crippen molar-refractivity contribution < 1.29 is 23.6 Å². The van der Waals surface area contributed by atoms with Gasteiger partial charge in [0.05, 0.1) is 11.3 Å². The third-order valence-corrected chi connectivity index (χ3v) is 4.63. The molecule has 0 aliphatic carbocycles. The Labute approximate surface area is 175 Å². The number of esters is 1. The summed E-state index contributed by atoms with van der Waals surface area (Å²) in [4.78, 5) is 25.0. The molecular weight excluding hydrogens is 384 g/mol. The van der Waals surface area contributed by atoms with E-state index in [1.807, 2.05) is 26.0 Å². The fourth-order valence-electron chi connectivity index (χ4n) is 2.78. The number of aromatic nitrogens is 1. The number of rotatable bonds is 7. The zero-order valence-electron chi connectivity index (χ0n) is 17.4. The summed E-state index contributed by atoms with van der Waals surface area (Å²) in [7, 11) is 0. The first kappa shape index (κ1) is 21.1. The number of para-hydroxylation sites is 1. The number of hydrogen-bond donors (Lipinski definition) is 1. The van der Waals surface area contributed by atoms with Crippen LogP contribution in [0.5, 0.6) is 5.75 Å². The Hall–Kier alpha value is -3.61. The molecule has 3 aromatic rings. The Kier molecular flexibility index (Phi) is 6.51. The molecule has 30 heavy (non-hydrogen) atoms. The largest absolute Gasteiger partial charge is 0.488 e. The number of amides is 1. The van der Waals surface area contributed by atoms with Gasteiger partial charge in [0.15, 0.2) is 6.10 Å². The van der Waals surface area contributed by atoms with Crippen molar-refractivity contribution in [1.82, 2.24) is 5.16 Å². The Bertz CT molecular complexity index is 1020. The number of nitrogens with one attached hydrogen (secondary N) is 1. The summed E-state index contributed by atoms with van der Waals surface area (Å²) in [5, 5.41) is 6.62. The van der Waals surface area contributed by atoms with E-state index in [0.717, 1.165) is 16.8 Å². The summed E-state index contributed by atoms with van der Waals surface area (Å²) >= 11 is 0. The molecule has 0 bridgehead atoms. The number of hydrogen-bond acceptors (Lipinski definition) is 6. The Morgan fingerprint density at radius 3 is 2.43 bits per heavy atom. The SMILES string of the molecule is Cc1ccc(NC(=O)[C@H](C)OC(=O)c2ccccc2OCc2c(C)noc2C)cc1. The van der Waals surface area contributed by atoms with Gasteiger partial charge in [-0.25, -0.2) is 4.79 Å². The highest BCUT2D eigenvalue weighted by Gasteiger charge is 2.22. The van der Waals surface area contributed by atoms with Crippen molar-refractivity contribution in [1.29, 1.82) is 0 Å². The fraction of sp³-hybridized carbons (Fsp3) is 0.261. The predicted molar refractivity (Wildman–Crippen MR) is 111 cm³/mol. The van der Waals surface area contributed by atoms with E-state index in [0.29, 0.717) is 17.2 Å². The lowest BCUT2D eigenvalue weighted by Gasteiger charge is -2.15. The Balaban J connectivity index is 1.64. The second kappa shape index (κ2) is 9.26. The molecule has 2 aromatic carbocycles. The standard InChI is InChI=1S/C23H24N2O5/c1-14-9-11-18(12-10-14)24-22(26)17(4)29-23(27)19-7-5-6-8-21(19)28-13-20-15(2)25-30-16(20)3/h5-12,17H,13H2,1-4H3,(H,24,26)/t17-/m0/s1. The van der Waals surface area contributed by atoms with Crippen molar-refractivity contribution in [2.24, 2.45) is 0 Å². The highest BCUT2D eigenvalue weighted by molar-refractivity contribution is 5.98. The minimum absolute atomic E-state index is 0.203. The van der Waals surface area contributed by atoms with Crippen LogP contribution in [0.25, 0.3) is 0 Å². The van der Waals surface area contributed by atoms with Gasteiger partial charge >= 0.3 is 5.97 Å². The molecule has 1 heterocycles. The summed E-state index contributed by atoms with van der Waals surface area (Å²) in [6.45, 7) is 7.31. The van der Waals surface area contributed by atoms with Crippen molar-refractivity contribution in [2.75, 3.05) is 5.32 Å². The number of carbonyl (C=O) groups excluding carboxylic acids is 2. The molecule has 7 heteroatoms. The van der Waals surface area contributed by atoms with Crippen molar-refractivity contribution in [3.8, 4) is 5.75 Å². The molecule has 0 radical (unpaired) electrons. The van der Waals surface area contributed by atoms with Crippen molar-refractivity contribution in [3.05, 3.63) is 76.7 Å². The van der Waals surface area contributed by atoms with Gasteiger partial charge in [0.1, 0.15) is 23.7 Å². The number of nitrogens with zero attached hydrogens (tertiary/aromatic N) is 1. The second-order valence-corrected chi connectivity index (χ2v) is 6.99. The second-order valence-electron chi connectivity index (χ2n) is 6.99. The molecule has 1 atom stereocenters. The quantitative estimate of drug-likeness (QED) is 0.584. The van der Waals surface area contributed by atoms with Gasteiger partial charge in [-0.3, -0.25) is 4.79 Å². The summed E-state index contributed by atoms with van der Waals surface area (Å²) in [5.41, 5.74) is 3.51. The summed E-state index contributed by atoms with van der Waals surface area (Å²) in [6, 6.07) is 14.1. The maximum atomic E-state index is 12.7. The van der Waals surface area contributed by atoms with Crippen LogP contribution in [-0.2, 0) is 16.1 Å². The van der Waals surface area contributed by atoms with E-state index < -0.39 is 18.0 Å². The monoisotopic (exact) mass is 408 g/mol. The van der Waals surface area contributed by atoms with E-state index in [1.165, 1.54) is 6.92 Å². The summed E-state index contributed by atoms with van der Waals surface area (Å²) < 4.78 is 16.3. The summed E-state index contributed by atoms with van der Waals surface area (Å²) in [5.74, 6) is -0.0418. The van der Waals surface area contributed by atoms with Gasteiger partial charge in [-0.05, 0) is 52.0 Å². The molecule has 0 aliphatic rings. The lowest BCUT2D eigenvalue weighted by Crippen LogP contribution is -2.30. The van der Waals surface area contributed by atoms with E-state index in [-0.39, 0.29) is 12.2 Å². The van der Waals surface area contributed by atoms with E-state index >= 15 is 0 Å². The Morgan fingerprint density at radius 1 is 1.07 bits per heavy atom. The van der Waals surface area contributed by atoms with Crippen molar-refractivity contribution in [3.63, 3.8) is 0 Å². The van der Waals surface area contributed by atoms with Crippen LogP contribution in [0.4, 0.5) is 5.69 Å². The maximum Gasteiger partial charge on any atom is 0.342 e. The lowest BCUT2D eigenvalue weighted by atomic mass is 10.2. The highest BCUT2D eigenvalue weighted by atomic mass is 16.5. The van der Waals surface area contributed by atoms with E-state index in [9.17, 15) is 9.59 Å². The molecule has 0 fully saturated rings. The predicted octanol–water partition coefficient (Wildman–Crippen LogP) is 4.36. The first-order valence-corrected chi connectivity index (χ1v) is 9.57. The Morgan fingerprint density at radius 2 is 1.77 bits per heavy atom. The number of carbonyl (C=O) groups is 2. The topological polar surface area (TPSA) is 90.7 Å². The number of ether oxygens (including phenoxy) is 2. The van der Waals surface area contributed by atoms with Crippen LogP contribution in [0.15, 0.2) is 53.1 Å². The van der Waals surface area contributed by atoms with Gasteiger partial charge in [0, 0.05) is 5.69 Å². The molecule has 1 aromatic heterocycles. The van der Waals surface area contributed by atoms with Gasteiger partial charge in [-0.2, -0.15) is 0 Å². The number of anilines is 1. The van der Waals surface area contributed by atoms with Crippen molar-refractivity contribution in [2.45, 2.75) is 40.4 Å². The number of aryl methyl sites for hydroxylation is 3. The van der Waals surface area contributed by atoms with E-state index in [1.54, 1.807) is 43.3 Å². The average Bonchev–Trinajstić information content (AvgIpc) is 3.05. The van der Waals surface area contributed by atoms with Crippen LogP contribution in [0.2, 0.25) is 0 Å². The molecule has 7 nitrogen and oxygen atoms in total. The van der Waals surface area contributed by atoms with Crippen LogP contribution >= 0.6 is 0 Å². The van der Waals surface area contributed by atoms with Gasteiger partial charge in [0.25, 0.3) is 5.91 Å². The summed E-state index contributed by atoms with van der Waals surface area (Å²) in [6.07, 6.45) is -0.977. The lowest BCUT2D eigenvalue weighted by molar-refractivity contribution is -0.123. The molecule has 0 spiro atoms. The van der Waals surface area contributed by atoms with Crippen LogP contribution in [0.1, 0.15) is 39.9 Å². The smallest absolute Gasteiger partial charge is 0.342 e. The normalized spacial score (nSPS) is 11.6. The van der Waals surface area contributed by atoms with Gasteiger partial charge in [-0.15, -0.1) is 0 Å². The minimum Gasteiger partial charge on any atom is -0.488 e. The van der Waals surface area contributed by atoms with Crippen LogP contribution < -0.4 is 10.1 Å². The van der Waals surface area contributed by atoms with Crippen LogP contribution in [0.3, 0.4) is 0 Å². The first-order valence-electron chi connectivity index (χ1n) is 9.57. The molecule has 0 aliphatic heterocycles. The average molecular weight is 408 g/mol. The molecule has 0 unspecified atom stereocenters. The third-order valence-electron chi connectivity index (χ3n) is 4.63. The highest BCUT2D eigenvalue weighted by Crippen LogP contribution is 2.23. The molecule has 1 amide bonds. The van der Waals surface area contributed by atoms with Crippen LogP contribution in [0, 0.1) is 20.8 Å². The maximum absolute atomic E-state index is 12.7. The van der Waals surface area contributed by atoms with Gasteiger partial charge in [0.2, 0.25) is 0 Å². The zero-order valence-corrected chi connectivity index (χ0v) is 17.4.